The fourth-order valence-electron chi connectivity index (χ4n) is 5.21. The van der Waals surface area contributed by atoms with Crippen molar-refractivity contribution < 1.29 is 42.7 Å². The summed E-state index contributed by atoms with van der Waals surface area (Å²) >= 11 is 0. The molecule has 10 nitrogen and oxygen atoms in total. The number of carboxylic acids is 1. The van der Waals surface area contributed by atoms with Crippen molar-refractivity contribution in [2.45, 2.75) is 167 Å². The van der Waals surface area contributed by atoms with Crippen LogP contribution in [-0.4, -0.2) is 60.5 Å². The third kappa shape index (κ3) is 39.4. The minimum atomic E-state index is -4.63. The minimum Gasteiger partial charge on any atom is -0.480 e. The first-order valence-electron chi connectivity index (χ1n) is 21.0. The van der Waals surface area contributed by atoms with Gasteiger partial charge in [-0.2, -0.15) is 0 Å². The molecule has 0 aromatic carbocycles. The molecule has 3 atom stereocenters. The summed E-state index contributed by atoms with van der Waals surface area (Å²) in [7, 11) is -4.63. The van der Waals surface area contributed by atoms with Gasteiger partial charge in [0, 0.05) is 13.0 Å². The Hall–Kier alpha value is -2.59. The second-order valence-electron chi connectivity index (χ2n) is 13.7. The highest BCUT2D eigenvalue weighted by Crippen LogP contribution is 2.43. The van der Waals surface area contributed by atoms with Crippen LogP contribution < -0.4 is 5.73 Å². The Kier molecular flexibility index (Phi) is 37.8. The summed E-state index contributed by atoms with van der Waals surface area (Å²) in [4.78, 5) is 33.5. The summed E-state index contributed by atoms with van der Waals surface area (Å²) in [6.07, 6.45) is 48.2. The summed E-state index contributed by atoms with van der Waals surface area (Å²) in [6, 6.07) is -1.48. The molecule has 55 heavy (non-hydrogen) atoms. The molecule has 11 heteroatoms. The number of hydrogen-bond donors (Lipinski definition) is 3. The predicted octanol–water partition coefficient (Wildman–Crippen LogP) is 11.4. The standard InChI is InChI=1S/C44H76NO9P/c1-3-5-7-9-11-13-15-17-19-20-21-23-25-27-29-31-33-35-37-51-38-41(39-52-55(49,50)53-40-42(45)44(47)48)54-43(46)36-34-32-30-28-26-24-22-18-16-14-12-10-8-6-4-2/h5,7,11,13,17-19,21-23,27,29,41-42H,3-4,6,8-10,12,14-16,20,24-26,28,30-40,45H2,1-2H3,(H,47,48)(H,49,50)/b7-5-,13-11-,19-17-,22-18-,23-21-,29-27-. The zero-order valence-corrected chi connectivity index (χ0v) is 35.1. The van der Waals surface area contributed by atoms with E-state index in [9.17, 15) is 19.0 Å². The van der Waals surface area contributed by atoms with Crippen LogP contribution in [0.25, 0.3) is 0 Å². The third-order valence-corrected chi connectivity index (χ3v) is 9.42. The molecule has 0 aliphatic rings. The van der Waals surface area contributed by atoms with Gasteiger partial charge in [-0.15, -0.1) is 0 Å². The molecular weight excluding hydrogens is 717 g/mol. The summed E-state index contributed by atoms with van der Waals surface area (Å²) in [5.41, 5.74) is 5.35. The van der Waals surface area contributed by atoms with Crippen LogP contribution >= 0.6 is 7.82 Å². The number of esters is 1. The van der Waals surface area contributed by atoms with Gasteiger partial charge < -0.3 is 25.2 Å². The molecular formula is C44H76NO9P. The van der Waals surface area contributed by atoms with Crippen molar-refractivity contribution in [1.82, 2.24) is 0 Å². The van der Waals surface area contributed by atoms with Gasteiger partial charge in [0.2, 0.25) is 0 Å². The lowest BCUT2D eigenvalue weighted by Crippen LogP contribution is -2.34. The van der Waals surface area contributed by atoms with Gasteiger partial charge in [0.05, 0.1) is 19.8 Å². The van der Waals surface area contributed by atoms with Gasteiger partial charge in [-0.25, -0.2) is 4.57 Å². The average molecular weight is 794 g/mol. The van der Waals surface area contributed by atoms with E-state index in [1.165, 1.54) is 44.9 Å². The van der Waals surface area contributed by atoms with Crippen LogP contribution in [0.3, 0.4) is 0 Å². The van der Waals surface area contributed by atoms with Gasteiger partial charge in [0.15, 0.2) is 0 Å². The SMILES string of the molecule is CC/C=C\C/C=C\C/C=C\C/C=C\C/C=C\CCCCOCC(COP(=O)(O)OCC(N)C(=O)O)OC(=O)CCCCCCC/C=C\CCCCCCCC. The first-order chi connectivity index (χ1) is 26.7. The maximum atomic E-state index is 12.6. The van der Waals surface area contributed by atoms with E-state index in [-0.39, 0.29) is 13.0 Å². The van der Waals surface area contributed by atoms with E-state index < -0.39 is 45.1 Å². The summed E-state index contributed by atoms with van der Waals surface area (Å²) in [6.45, 7) is 3.62. The number of ether oxygens (including phenoxy) is 2. The van der Waals surface area contributed by atoms with Gasteiger partial charge in [-0.3, -0.25) is 18.6 Å². The van der Waals surface area contributed by atoms with Gasteiger partial charge in [-0.05, 0) is 83.5 Å². The smallest absolute Gasteiger partial charge is 0.472 e. The van der Waals surface area contributed by atoms with Gasteiger partial charge >= 0.3 is 19.8 Å². The molecule has 0 radical (unpaired) electrons. The van der Waals surface area contributed by atoms with Crippen LogP contribution in [0.1, 0.15) is 155 Å². The van der Waals surface area contributed by atoms with Crippen molar-refractivity contribution >= 4 is 19.8 Å². The van der Waals surface area contributed by atoms with Crippen LogP contribution in [0.2, 0.25) is 0 Å². The number of allylic oxidation sites excluding steroid dienone is 12. The first-order valence-corrected chi connectivity index (χ1v) is 22.5. The molecule has 0 heterocycles. The second-order valence-corrected chi connectivity index (χ2v) is 15.2. The van der Waals surface area contributed by atoms with Crippen molar-refractivity contribution in [2.24, 2.45) is 5.73 Å². The lowest BCUT2D eigenvalue weighted by atomic mass is 10.1. The van der Waals surface area contributed by atoms with Crippen molar-refractivity contribution in [2.75, 3.05) is 26.4 Å². The van der Waals surface area contributed by atoms with E-state index >= 15 is 0 Å². The number of hydrogen-bond acceptors (Lipinski definition) is 8. The highest BCUT2D eigenvalue weighted by Gasteiger charge is 2.27. The highest BCUT2D eigenvalue weighted by molar-refractivity contribution is 7.47. The monoisotopic (exact) mass is 794 g/mol. The number of phosphoric ester groups is 1. The largest absolute Gasteiger partial charge is 0.480 e. The van der Waals surface area contributed by atoms with Crippen LogP contribution in [0, 0.1) is 0 Å². The fourth-order valence-corrected chi connectivity index (χ4v) is 5.99. The maximum Gasteiger partial charge on any atom is 0.472 e. The molecule has 316 valence electrons. The van der Waals surface area contributed by atoms with Crippen LogP contribution in [0.4, 0.5) is 0 Å². The molecule has 0 rings (SSSR count). The fraction of sp³-hybridized carbons (Fsp3) is 0.682. The van der Waals surface area contributed by atoms with E-state index in [0.29, 0.717) is 13.0 Å². The average Bonchev–Trinajstić information content (AvgIpc) is 3.16. The quantitative estimate of drug-likeness (QED) is 0.0237. The van der Waals surface area contributed by atoms with Crippen molar-refractivity contribution in [3.63, 3.8) is 0 Å². The number of phosphoric acid groups is 1. The molecule has 0 aromatic rings. The molecule has 0 aliphatic carbocycles. The zero-order chi connectivity index (χ0) is 40.5. The first kappa shape index (κ1) is 52.4. The highest BCUT2D eigenvalue weighted by atomic mass is 31.2. The maximum absolute atomic E-state index is 12.6. The Morgan fingerprint density at radius 1 is 0.600 bits per heavy atom. The van der Waals surface area contributed by atoms with Crippen LogP contribution in [0.5, 0.6) is 0 Å². The zero-order valence-electron chi connectivity index (χ0n) is 34.2. The lowest BCUT2D eigenvalue weighted by Gasteiger charge is -2.20. The molecule has 0 fully saturated rings. The Balaban J connectivity index is 4.38. The van der Waals surface area contributed by atoms with Crippen molar-refractivity contribution in [3.05, 3.63) is 72.9 Å². The molecule has 0 aromatic heterocycles. The van der Waals surface area contributed by atoms with E-state index in [1.54, 1.807) is 0 Å². The molecule has 0 bridgehead atoms. The molecule has 3 unspecified atom stereocenters. The number of carboxylic acid groups (broad SMARTS) is 1. The van der Waals surface area contributed by atoms with Crippen molar-refractivity contribution in [1.29, 1.82) is 0 Å². The van der Waals surface area contributed by atoms with E-state index in [0.717, 1.165) is 83.5 Å². The Morgan fingerprint density at radius 2 is 1.05 bits per heavy atom. The predicted molar refractivity (Wildman–Crippen MR) is 226 cm³/mol. The van der Waals surface area contributed by atoms with E-state index in [4.69, 9.17) is 29.4 Å². The number of nitrogens with two attached hydrogens (primary N) is 1. The summed E-state index contributed by atoms with van der Waals surface area (Å²) < 4.78 is 33.2. The molecule has 4 N–H and O–H groups in total. The molecule has 0 aliphatic heterocycles. The normalized spacial score (nSPS) is 14.7. The van der Waals surface area contributed by atoms with E-state index in [1.807, 2.05) is 0 Å². The topological polar surface area (TPSA) is 155 Å². The minimum absolute atomic E-state index is 0.0194. The van der Waals surface area contributed by atoms with Crippen LogP contribution in [0.15, 0.2) is 72.9 Å². The van der Waals surface area contributed by atoms with Gasteiger partial charge in [0.1, 0.15) is 12.1 Å². The second kappa shape index (κ2) is 39.6. The van der Waals surface area contributed by atoms with Gasteiger partial charge in [0.25, 0.3) is 0 Å². The lowest BCUT2D eigenvalue weighted by molar-refractivity contribution is -0.154. The Labute approximate surface area is 334 Å². The molecule has 0 amide bonds. The summed E-state index contributed by atoms with van der Waals surface area (Å²) in [5.74, 6) is -1.81. The van der Waals surface area contributed by atoms with Crippen molar-refractivity contribution in [3.8, 4) is 0 Å². The molecule has 0 saturated heterocycles. The number of rotatable bonds is 39. The summed E-state index contributed by atoms with van der Waals surface area (Å²) in [5, 5.41) is 8.89. The van der Waals surface area contributed by atoms with Gasteiger partial charge in [-0.1, -0.05) is 138 Å². The molecule has 0 saturated carbocycles. The van der Waals surface area contributed by atoms with Crippen LogP contribution in [-0.2, 0) is 32.7 Å². The number of carbonyl (C=O) groups excluding carboxylic acids is 1. The Morgan fingerprint density at radius 3 is 1.60 bits per heavy atom. The third-order valence-electron chi connectivity index (χ3n) is 8.47. The molecule has 0 spiro atoms. The number of aliphatic carboxylic acids is 1. The number of carbonyl (C=O) groups is 2. The Bertz CT molecular complexity index is 1150. The van der Waals surface area contributed by atoms with E-state index in [2.05, 4.69) is 86.8 Å². The number of unbranched alkanes of at least 4 members (excludes halogenated alkanes) is 13.